The van der Waals surface area contributed by atoms with Gasteiger partial charge in [-0.15, -0.1) is 0 Å². The molecule has 5 heteroatoms. The van der Waals surface area contributed by atoms with Gasteiger partial charge in [0.25, 0.3) is 0 Å². The molecule has 24 heavy (non-hydrogen) atoms. The summed E-state index contributed by atoms with van der Waals surface area (Å²) in [5.74, 6) is -1.49. The maximum absolute atomic E-state index is 12.4. The number of ether oxygens (including phenoxy) is 1. The van der Waals surface area contributed by atoms with E-state index in [1.165, 1.54) is 7.11 Å². The third-order valence-corrected chi connectivity index (χ3v) is 3.92. The highest BCUT2D eigenvalue weighted by Gasteiger charge is 2.26. The molecule has 2 aromatic carbocycles. The van der Waals surface area contributed by atoms with Crippen LogP contribution < -0.4 is 5.43 Å². The van der Waals surface area contributed by atoms with Gasteiger partial charge in [0.2, 0.25) is 11.2 Å². The minimum Gasteiger partial charge on any atom is -0.502 e. The molecule has 0 aliphatic rings. The predicted molar refractivity (Wildman–Crippen MR) is 89.1 cm³/mol. The molecule has 1 N–H and O–H groups in total. The molecule has 0 amide bonds. The SMILES string of the molecule is COC(=O)C[C@@H](c1ccccc1)c1oc2ccccc2c(=O)c1O. The van der Waals surface area contributed by atoms with Crippen molar-refractivity contribution in [3.63, 3.8) is 0 Å². The summed E-state index contributed by atoms with van der Waals surface area (Å²) in [6, 6.07) is 15.8. The van der Waals surface area contributed by atoms with E-state index < -0.39 is 23.1 Å². The lowest BCUT2D eigenvalue weighted by molar-refractivity contribution is -0.140. The molecule has 0 aliphatic carbocycles. The van der Waals surface area contributed by atoms with Crippen LogP contribution in [0.1, 0.15) is 23.7 Å². The number of methoxy groups -OCH3 is 1. The molecule has 1 heterocycles. The largest absolute Gasteiger partial charge is 0.502 e. The number of carbonyl (C=O) groups is 1. The van der Waals surface area contributed by atoms with E-state index in [1.54, 1.807) is 24.3 Å². The molecule has 0 saturated heterocycles. The molecule has 3 rings (SSSR count). The van der Waals surface area contributed by atoms with E-state index in [-0.39, 0.29) is 12.2 Å². The fourth-order valence-electron chi connectivity index (χ4n) is 2.68. The molecule has 0 bridgehead atoms. The van der Waals surface area contributed by atoms with Crippen molar-refractivity contribution < 1.29 is 19.1 Å². The number of carbonyl (C=O) groups excluding carboxylic acids is 1. The summed E-state index contributed by atoms with van der Waals surface area (Å²) in [5.41, 5.74) is 0.593. The van der Waals surface area contributed by atoms with E-state index >= 15 is 0 Å². The number of esters is 1. The molecule has 1 atom stereocenters. The Morgan fingerprint density at radius 3 is 2.50 bits per heavy atom. The first-order chi connectivity index (χ1) is 11.6. The maximum Gasteiger partial charge on any atom is 0.306 e. The van der Waals surface area contributed by atoms with Crippen LogP contribution in [0.25, 0.3) is 11.0 Å². The van der Waals surface area contributed by atoms with Crippen molar-refractivity contribution in [3.8, 4) is 5.75 Å². The first-order valence-electron chi connectivity index (χ1n) is 7.48. The fourth-order valence-corrected chi connectivity index (χ4v) is 2.68. The number of hydrogen-bond acceptors (Lipinski definition) is 5. The molecular formula is C19H16O5. The lowest BCUT2D eigenvalue weighted by atomic mass is 9.92. The van der Waals surface area contributed by atoms with Gasteiger partial charge in [0.15, 0.2) is 5.76 Å². The third-order valence-electron chi connectivity index (χ3n) is 3.92. The highest BCUT2D eigenvalue weighted by atomic mass is 16.5. The van der Waals surface area contributed by atoms with Crippen LogP contribution in [0.15, 0.2) is 63.8 Å². The van der Waals surface area contributed by atoms with Crippen LogP contribution in [0.5, 0.6) is 5.75 Å². The molecule has 0 unspecified atom stereocenters. The Morgan fingerprint density at radius 2 is 1.79 bits per heavy atom. The summed E-state index contributed by atoms with van der Waals surface area (Å²) in [6.45, 7) is 0. The van der Waals surface area contributed by atoms with E-state index in [0.29, 0.717) is 11.0 Å². The van der Waals surface area contributed by atoms with Crippen LogP contribution in [0.4, 0.5) is 0 Å². The van der Waals surface area contributed by atoms with Gasteiger partial charge in [-0.3, -0.25) is 9.59 Å². The van der Waals surface area contributed by atoms with Gasteiger partial charge in [-0.1, -0.05) is 42.5 Å². The first kappa shape index (κ1) is 15.8. The van der Waals surface area contributed by atoms with Crippen molar-refractivity contribution >= 4 is 16.9 Å². The minimum atomic E-state index is -0.615. The van der Waals surface area contributed by atoms with Gasteiger partial charge < -0.3 is 14.3 Å². The zero-order chi connectivity index (χ0) is 17.1. The van der Waals surface area contributed by atoms with Gasteiger partial charge >= 0.3 is 5.97 Å². The highest BCUT2D eigenvalue weighted by Crippen LogP contribution is 2.34. The van der Waals surface area contributed by atoms with E-state index in [0.717, 1.165) is 5.56 Å². The van der Waals surface area contributed by atoms with Gasteiger partial charge in [-0.05, 0) is 17.7 Å². The summed E-state index contributed by atoms with van der Waals surface area (Å²) in [4.78, 5) is 24.2. The molecule has 5 nitrogen and oxygen atoms in total. The van der Waals surface area contributed by atoms with E-state index in [2.05, 4.69) is 0 Å². The van der Waals surface area contributed by atoms with Gasteiger partial charge in [-0.25, -0.2) is 0 Å². The lowest BCUT2D eigenvalue weighted by Gasteiger charge is -2.17. The van der Waals surface area contributed by atoms with Crippen molar-refractivity contribution in [2.75, 3.05) is 7.11 Å². The van der Waals surface area contributed by atoms with Crippen LogP contribution in [-0.4, -0.2) is 18.2 Å². The average Bonchev–Trinajstić information content (AvgIpc) is 2.63. The van der Waals surface area contributed by atoms with Gasteiger partial charge in [0, 0.05) is 0 Å². The lowest BCUT2D eigenvalue weighted by Crippen LogP contribution is -2.13. The molecule has 0 spiro atoms. The Balaban J connectivity index is 2.21. The van der Waals surface area contributed by atoms with Crippen LogP contribution in [0.3, 0.4) is 0 Å². The monoisotopic (exact) mass is 324 g/mol. The molecule has 122 valence electrons. The Labute approximate surface area is 138 Å². The van der Waals surface area contributed by atoms with Crippen molar-refractivity contribution in [3.05, 3.63) is 76.1 Å². The number of fused-ring (bicyclic) bond motifs is 1. The van der Waals surface area contributed by atoms with E-state index in [4.69, 9.17) is 9.15 Å². The van der Waals surface area contributed by atoms with Crippen LogP contribution in [0, 0.1) is 0 Å². The standard InChI is InChI=1S/C19H16O5/c1-23-16(20)11-14(12-7-3-2-4-8-12)19-18(22)17(21)13-9-5-6-10-15(13)24-19/h2-10,14,22H,11H2,1H3/t14-/m0/s1. The Bertz CT molecular complexity index is 927. The van der Waals surface area contributed by atoms with Gasteiger partial charge in [0.05, 0.1) is 24.8 Å². The van der Waals surface area contributed by atoms with Crippen molar-refractivity contribution in [2.24, 2.45) is 0 Å². The summed E-state index contributed by atoms with van der Waals surface area (Å²) in [7, 11) is 1.29. The summed E-state index contributed by atoms with van der Waals surface area (Å²) < 4.78 is 10.5. The Kier molecular flexibility index (Phi) is 4.33. The summed E-state index contributed by atoms with van der Waals surface area (Å²) in [6.07, 6.45) is -0.0463. The topological polar surface area (TPSA) is 76.7 Å². The normalized spacial score (nSPS) is 12.0. The second kappa shape index (κ2) is 6.58. The minimum absolute atomic E-state index is 0.0463. The van der Waals surface area contributed by atoms with Crippen LogP contribution >= 0.6 is 0 Å². The van der Waals surface area contributed by atoms with Crippen molar-refractivity contribution in [1.29, 1.82) is 0 Å². The Hall–Kier alpha value is -3.08. The second-order valence-corrected chi connectivity index (χ2v) is 5.38. The smallest absolute Gasteiger partial charge is 0.306 e. The first-order valence-corrected chi connectivity index (χ1v) is 7.48. The summed E-state index contributed by atoms with van der Waals surface area (Å²) >= 11 is 0. The highest BCUT2D eigenvalue weighted by molar-refractivity contribution is 5.78. The number of rotatable bonds is 4. The van der Waals surface area contributed by atoms with E-state index in [1.807, 2.05) is 30.3 Å². The zero-order valence-electron chi connectivity index (χ0n) is 13.1. The quantitative estimate of drug-likeness (QED) is 0.746. The number of aromatic hydroxyl groups is 1. The molecule has 0 radical (unpaired) electrons. The van der Waals surface area contributed by atoms with Crippen LogP contribution in [-0.2, 0) is 9.53 Å². The number of hydrogen-bond donors (Lipinski definition) is 1. The maximum atomic E-state index is 12.4. The summed E-state index contributed by atoms with van der Waals surface area (Å²) in [5, 5.41) is 10.6. The molecule has 3 aromatic rings. The van der Waals surface area contributed by atoms with Gasteiger partial charge in [-0.2, -0.15) is 0 Å². The third kappa shape index (κ3) is 2.88. The van der Waals surface area contributed by atoms with Crippen molar-refractivity contribution in [2.45, 2.75) is 12.3 Å². The zero-order valence-corrected chi connectivity index (χ0v) is 13.1. The van der Waals surface area contributed by atoms with Crippen molar-refractivity contribution in [1.82, 2.24) is 0 Å². The van der Waals surface area contributed by atoms with E-state index in [9.17, 15) is 14.7 Å². The average molecular weight is 324 g/mol. The van der Waals surface area contributed by atoms with Crippen LogP contribution in [0.2, 0.25) is 0 Å². The fraction of sp³-hybridized carbons (Fsp3) is 0.158. The predicted octanol–water partition coefficient (Wildman–Crippen LogP) is 3.19. The molecule has 0 aliphatic heterocycles. The molecular weight excluding hydrogens is 308 g/mol. The molecule has 0 fully saturated rings. The number of benzene rings is 2. The molecule has 1 aromatic heterocycles. The van der Waals surface area contributed by atoms with Gasteiger partial charge in [0.1, 0.15) is 5.58 Å². The second-order valence-electron chi connectivity index (χ2n) is 5.38. The number of para-hydroxylation sites is 1. The molecule has 0 saturated carbocycles. The Morgan fingerprint density at radius 1 is 1.12 bits per heavy atom.